The van der Waals surface area contributed by atoms with Gasteiger partial charge in [0.05, 0.1) is 11.1 Å². The maximum absolute atomic E-state index is 12.6. The number of rotatable bonds is 3. The summed E-state index contributed by atoms with van der Waals surface area (Å²) in [6.07, 6.45) is -0.806. The number of pyridine rings is 1. The first-order chi connectivity index (χ1) is 7.96. The van der Waals surface area contributed by atoms with Crippen LogP contribution in [0.2, 0.25) is 0 Å². The molecule has 0 aromatic carbocycles. The molecule has 0 fully saturated rings. The zero-order valence-electron chi connectivity index (χ0n) is 8.95. The fraction of sp³-hybridized carbons (Fsp3) is 0.300. The van der Waals surface area contributed by atoms with Gasteiger partial charge in [0.25, 0.3) is 5.91 Å². The van der Waals surface area contributed by atoms with Crippen molar-refractivity contribution in [3.05, 3.63) is 29.6 Å². The standard InChI is InChI=1S/C10H10F3N3O/c1-2-4-15-16-9(17)7-6-14-5-3-8(7)10(11,12)13/h3-6H,2H2,1H3,(H,16,17). The SMILES string of the molecule is CCC=NNC(=O)c1cnccc1C(F)(F)F. The fourth-order valence-corrected chi connectivity index (χ4v) is 1.08. The quantitative estimate of drug-likeness (QED) is 0.655. The lowest BCUT2D eigenvalue weighted by molar-refractivity contribution is -0.138. The first kappa shape index (κ1) is 13.1. The van der Waals surface area contributed by atoms with Crippen LogP contribution in [0, 0.1) is 0 Å². The van der Waals surface area contributed by atoms with Gasteiger partial charge >= 0.3 is 6.18 Å². The van der Waals surface area contributed by atoms with Gasteiger partial charge in [0.2, 0.25) is 0 Å². The maximum atomic E-state index is 12.6. The van der Waals surface area contributed by atoms with Gasteiger partial charge in [0.1, 0.15) is 0 Å². The first-order valence-corrected chi connectivity index (χ1v) is 4.80. The van der Waals surface area contributed by atoms with Gasteiger partial charge in [-0.3, -0.25) is 9.78 Å². The van der Waals surface area contributed by atoms with Crippen LogP contribution in [0.25, 0.3) is 0 Å². The van der Waals surface area contributed by atoms with Crippen molar-refractivity contribution in [1.82, 2.24) is 10.4 Å². The minimum Gasteiger partial charge on any atom is -0.267 e. The van der Waals surface area contributed by atoms with Crippen molar-refractivity contribution in [3.63, 3.8) is 0 Å². The van der Waals surface area contributed by atoms with Crippen LogP contribution >= 0.6 is 0 Å². The molecule has 0 aliphatic rings. The first-order valence-electron chi connectivity index (χ1n) is 4.80. The molecule has 0 aliphatic carbocycles. The van der Waals surface area contributed by atoms with Crippen LogP contribution in [0.4, 0.5) is 13.2 Å². The van der Waals surface area contributed by atoms with Gasteiger partial charge in [-0.2, -0.15) is 18.3 Å². The number of alkyl halides is 3. The number of aromatic nitrogens is 1. The summed E-state index contributed by atoms with van der Waals surface area (Å²) in [4.78, 5) is 14.9. The third-order valence-electron chi connectivity index (χ3n) is 1.81. The highest BCUT2D eigenvalue weighted by Crippen LogP contribution is 2.31. The molecule has 1 aromatic heterocycles. The molecule has 0 radical (unpaired) electrons. The molecule has 92 valence electrons. The Bertz CT molecular complexity index is 429. The number of nitrogens with one attached hydrogen (secondary N) is 1. The largest absolute Gasteiger partial charge is 0.417 e. The normalized spacial score (nSPS) is 11.8. The highest BCUT2D eigenvalue weighted by Gasteiger charge is 2.35. The fourth-order valence-electron chi connectivity index (χ4n) is 1.08. The van der Waals surface area contributed by atoms with Crippen molar-refractivity contribution < 1.29 is 18.0 Å². The molecule has 1 heterocycles. The molecule has 0 unspecified atom stereocenters. The Labute approximate surface area is 95.5 Å². The third kappa shape index (κ3) is 3.54. The van der Waals surface area contributed by atoms with E-state index in [0.29, 0.717) is 6.42 Å². The van der Waals surface area contributed by atoms with Crippen LogP contribution in [0.1, 0.15) is 29.3 Å². The second kappa shape index (κ2) is 5.42. The minimum atomic E-state index is -4.59. The van der Waals surface area contributed by atoms with Gasteiger partial charge in [-0.05, 0) is 12.5 Å². The van der Waals surface area contributed by atoms with E-state index in [-0.39, 0.29) is 0 Å². The summed E-state index contributed by atoms with van der Waals surface area (Å²) in [6.45, 7) is 1.78. The van der Waals surface area contributed by atoms with Gasteiger partial charge < -0.3 is 0 Å². The van der Waals surface area contributed by atoms with E-state index in [1.807, 2.05) is 5.43 Å². The second-order valence-corrected chi connectivity index (χ2v) is 3.08. The predicted molar refractivity (Wildman–Crippen MR) is 55.5 cm³/mol. The molecule has 0 atom stereocenters. The number of halogens is 3. The summed E-state index contributed by atoms with van der Waals surface area (Å²) in [7, 11) is 0. The summed E-state index contributed by atoms with van der Waals surface area (Å²) >= 11 is 0. The van der Waals surface area contributed by atoms with Crippen molar-refractivity contribution in [2.75, 3.05) is 0 Å². The smallest absolute Gasteiger partial charge is 0.267 e. The Kier molecular flexibility index (Phi) is 4.19. The highest BCUT2D eigenvalue weighted by atomic mass is 19.4. The minimum absolute atomic E-state index is 0.548. The van der Waals surface area contributed by atoms with Crippen LogP contribution in [0.15, 0.2) is 23.6 Å². The van der Waals surface area contributed by atoms with Crippen LogP contribution in [-0.2, 0) is 6.18 Å². The molecule has 0 aliphatic heterocycles. The van der Waals surface area contributed by atoms with E-state index in [4.69, 9.17) is 0 Å². The number of carbonyl (C=O) groups is 1. The lowest BCUT2D eigenvalue weighted by atomic mass is 10.1. The molecule has 1 amide bonds. The average molecular weight is 245 g/mol. The summed E-state index contributed by atoms with van der Waals surface area (Å²) < 4.78 is 37.7. The number of hydrazone groups is 1. The molecule has 7 heteroatoms. The van der Waals surface area contributed by atoms with Crippen LogP contribution < -0.4 is 5.43 Å². The molecule has 0 saturated carbocycles. The zero-order valence-corrected chi connectivity index (χ0v) is 8.95. The topological polar surface area (TPSA) is 54.4 Å². The third-order valence-corrected chi connectivity index (χ3v) is 1.81. The summed E-state index contributed by atoms with van der Waals surface area (Å²) in [5, 5.41) is 3.47. The number of amides is 1. The Morgan fingerprint density at radius 2 is 2.29 bits per heavy atom. The summed E-state index contributed by atoms with van der Waals surface area (Å²) in [5.41, 5.74) is 0.424. The van der Waals surface area contributed by atoms with Gasteiger partial charge in [-0.1, -0.05) is 6.92 Å². The van der Waals surface area contributed by atoms with E-state index < -0.39 is 23.2 Å². The van der Waals surface area contributed by atoms with Crippen LogP contribution in [-0.4, -0.2) is 17.1 Å². The summed E-state index contributed by atoms with van der Waals surface area (Å²) in [5.74, 6) is -0.935. The molecular formula is C10H10F3N3O. The van der Waals surface area contributed by atoms with Gasteiger partial charge in [0.15, 0.2) is 0 Å². The van der Waals surface area contributed by atoms with E-state index in [2.05, 4.69) is 10.1 Å². The monoisotopic (exact) mass is 245 g/mol. The lowest BCUT2D eigenvalue weighted by Gasteiger charge is -2.10. The number of carbonyl (C=O) groups excluding carboxylic acids is 1. The van der Waals surface area contributed by atoms with Gasteiger partial charge in [-0.15, -0.1) is 0 Å². The van der Waals surface area contributed by atoms with Crippen LogP contribution in [0.3, 0.4) is 0 Å². The lowest BCUT2D eigenvalue weighted by Crippen LogP contribution is -2.22. The number of hydrogen-bond donors (Lipinski definition) is 1. The molecule has 1 aromatic rings. The Morgan fingerprint density at radius 1 is 1.59 bits per heavy atom. The van der Waals surface area contributed by atoms with Crippen molar-refractivity contribution >= 4 is 12.1 Å². The highest BCUT2D eigenvalue weighted by molar-refractivity contribution is 5.95. The predicted octanol–water partition coefficient (Wildman–Crippen LogP) is 2.23. The van der Waals surface area contributed by atoms with Crippen molar-refractivity contribution in [1.29, 1.82) is 0 Å². The van der Waals surface area contributed by atoms with E-state index in [1.54, 1.807) is 6.92 Å². The molecule has 17 heavy (non-hydrogen) atoms. The molecule has 4 nitrogen and oxygen atoms in total. The van der Waals surface area contributed by atoms with E-state index in [0.717, 1.165) is 18.5 Å². The number of nitrogens with zero attached hydrogens (tertiary/aromatic N) is 2. The Balaban J connectivity index is 2.98. The van der Waals surface area contributed by atoms with Crippen molar-refractivity contribution in [2.45, 2.75) is 19.5 Å². The van der Waals surface area contributed by atoms with Crippen LogP contribution in [0.5, 0.6) is 0 Å². The maximum Gasteiger partial charge on any atom is 0.417 e. The van der Waals surface area contributed by atoms with E-state index in [9.17, 15) is 18.0 Å². The van der Waals surface area contributed by atoms with Gasteiger partial charge in [0, 0.05) is 18.6 Å². The number of hydrogen-bond acceptors (Lipinski definition) is 3. The van der Waals surface area contributed by atoms with E-state index >= 15 is 0 Å². The molecule has 1 rings (SSSR count). The molecule has 1 N–H and O–H groups in total. The van der Waals surface area contributed by atoms with Crippen molar-refractivity contribution in [3.8, 4) is 0 Å². The molecular weight excluding hydrogens is 235 g/mol. The van der Waals surface area contributed by atoms with E-state index in [1.165, 1.54) is 6.21 Å². The molecule has 0 saturated heterocycles. The Morgan fingerprint density at radius 3 is 2.88 bits per heavy atom. The molecule has 0 bridgehead atoms. The Hall–Kier alpha value is -1.92. The second-order valence-electron chi connectivity index (χ2n) is 3.08. The van der Waals surface area contributed by atoms with Gasteiger partial charge in [-0.25, -0.2) is 5.43 Å². The average Bonchev–Trinajstić information content (AvgIpc) is 2.28. The molecule has 0 spiro atoms. The summed E-state index contributed by atoms with van der Waals surface area (Å²) in [6, 6.07) is 0.748. The zero-order chi connectivity index (χ0) is 12.9. The van der Waals surface area contributed by atoms with Crippen molar-refractivity contribution in [2.24, 2.45) is 5.10 Å².